The Morgan fingerprint density at radius 2 is 2.17 bits per heavy atom. The first-order valence-corrected chi connectivity index (χ1v) is 5.11. The molecule has 0 fully saturated rings. The summed E-state index contributed by atoms with van der Waals surface area (Å²) in [6.07, 6.45) is 9.12. The van der Waals surface area contributed by atoms with E-state index in [0.29, 0.717) is 0 Å². The molecule has 0 aromatic carbocycles. The van der Waals surface area contributed by atoms with Crippen LogP contribution in [0.4, 0.5) is 0 Å². The molecule has 0 saturated carbocycles. The smallest absolute Gasteiger partial charge is 0.0108 e. The summed E-state index contributed by atoms with van der Waals surface area (Å²) in [5, 5.41) is 0. The summed E-state index contributed by atoms with van der Waals surface area (Å²) in [6, 6.07) is 0. The molecule has 0 amide bonds. The van der Waals surface area contributed by atoms with E-state index in [1.165, 1.54) is 32.1 Å². The normalized spacial score (nSPS) is 29.8. The third-order valence-electron chi connectivity index (χ3n) is 3.22. The van der Waals surface area contributed by atoms with Crippen molar-refractivity contribution < 1.29 is 0 Å². The summed E-state index contributed by atoms with van der Waals surface area (Å²) in [7, 11) is 0. The van der Waals surface area contributed by atoms with E-state index in [0.717, 1.165) is 5.92 Å². The minimum atomic E-state index is 0.939. The fourth-order valence-electron chi connectivity index (χ4n) is 2.41. The van der Waals surface area contributed by atoms with E-state index in [1.807, 2.05) is 0 Å². The van der Waals surface area contributed by atoms with Crippen LogP contribution < -0.4 is 0 Å². The van der Waals surface area contributed by atoms with Crippen LogP contribution in [0.1, 0.15) is 46.0 Å². The van der Waals surface area contributed by atoms with Crippen LogP contribution in [-0.2, 0) is 0 Å². The molecule has 0 spiro atoms. The SMILES string of the molecule is CC1=CCC2=C(C1)CC(C)CC2. The zero-order chi connectivity index (χ0) is 8.55. The van der Waals surface area contributed by atoms with Gasteiger partial charge in [-0.05, 0) is 44.9 Å². The zero-order valence-corrected chi connectivity index (χ0v) is 8.19. The van der Waals surface area contributed by atoms with Gasteiger partial charge in [-0.2, -0.15) is 0 Å². The van der Waals surface area contributed by atoms with E-state index >= 15 is 0 Å². The molecule has 0 heterocycles. The first-order valence-electron chi connectivity index (χ1n) is 5.11. The molecule has 0 bridgehead atoms. The fourth-order valence-corrected chi connectivity index (χ4v) is 2.41. The van der Waals surface area contributed by atoms with Gasteiger partial charge in [-0.1, -0.05) is 29.7 Å². The molecule has 0 N–H and O–H groups in total. The van der Waals surface area contributed by atoms with E-state index in [2.05, 4.69) is 19.9 Å². The van der Waals surface area contributed by atoms with Gasteiger partial charge in [0, 0.05) is 0 Å². The number of hydrogen-bond donors (Lipinski definition) is 0. The van der Waals surface area contributed by atoms with Crippen LogP contribution in [0.5, 0.6) is 0 Å². The maximum Gasteiger partial charge on any atom is -0.0108 e. The Morgan fingerprint density at radius 1 is 1.33 bits per heavy atom. The predicted molar refractivity (Wildman–Crippen MR) is 53.0 cm³/mol. The topological polar surface area (TPSA) is 0 Å². The van der Waals surface area contributed by atoms with Crippen molar-refractivity contribution in [3.05, 3.63) is 22.8 Å². The van der Waals surface area contributed by atoms with Gasteiger partial charge in [0.05, 0.1) is 0 Å². The number of allylic oxidation sites excluding steroid dienone is 4. The Kier molecular flexibility index (Phi) is 2.08. The predicted octanol–water partition coefficient (Wildman–Crippen LogP) is 3.84. The molecular formula is C12H18. The molecule has 1 atom stereocenters. The molecule has 2 aliphatic carbocycles. The molecule has 0 radical (unpaired) electrons. The highest BCUT2D eigenvalue weighted by atomic mass is 14.2. The molecule has 0 heteroatoms. The third kappa shape index (κ3) is 1.48. The van der Waals surface area contributed by atoms with Crippen LogP contribution >= 0.6 is 0 Å². The van der Waals surface area contributed by atoms with Crippen LogP contribution in [0.2, 0.25) is 0 Å². The minimum Gasteiger partial charge on any atom is -0.0812 e. The number of hydrogen-bond acceptors (Lipinski definition) is 0. The lowest BCUT2D eigenvalue weighted by atomic mass is 9.78. The Hall–Kier alpha value is -0.520. The maximum atomic E-state index is 2.41. The van der Waals surface area contributed by atoms with Crippen molar-refractivity contribution >= 4 is 0 Å². The maximum absolute atomic E-state index is 2.41. The van der Waals surface area contributed by atoms with Gasteiger partial charge >= 0.3 is 0 Å². The van der Waals surface area contributed by atoms with Crippen LogP contribution in [0.3, 0.4) is 0 Å². The first-order chi connectivity index (χ1) is 5.75. The van der Waals surface area contributed by atoms with Gasteiger partial charge in [-0.25, -0.2) is 0 Å². The van der Waals surface area contributed by atoms with Crippen LogP contribution in [0, 0.1) is 5.92 Å². The van der Waals surface area contributed by atoms with Gasteiger partial charge in [0.1, 0.15) is 0 Å². The molecule has 0 aromatic rings. The van der Waals surface area contributed by atoms with Crippen molar-refractivity contribution in [3.8, 4) is 0 Å². The highest BCUT2D eigenvalue weighted by Gasteiger charge is 2.19. The largest absolute Gasteiger partial charge is 0.0812 e. The lowest BCUT2D eigenvalue weighted by Gasteiger charge is -2.27. The molecule has 0 aromatic heterocycles. The Labute approximate surface area is 75.4 Å². The summed E-state index contributed by atoms with van der Waals surface area (Å²) in [5.74, 6) is 0.939. The van der Waals surface area contributed by atoms with Gasteiger partial charge in [-0.3, -0.25) is 0 Å². The average Bonchev–Trinajstić information content (AvgIpc) is 2.03. The Bertz CT molecular complexity index is 243. The molecule has 12 heavy (non-hydrogen) atoms. The minimum absolute atomic E-state index is 0.939. The van der Waals surface area contributed by atoms with E-state index in [-0.39, 0.29) is 0 Å². The molecule has 2 rings (SSSR count). The monoisotopic (exact) mass is 162 g/mol. The summed E-state index contributed by atoms with van der Waals surface area (Å²) in [6.45, 7) is 4.65. The third-order valence-corrected chi connectivity index (χ3v) is 3.22. The summed E-state index contributed by atoms with van der Waals surface area (Å²) in [5.41, 5.74) is 5.12. The average molecular weight is 162 g/mol. The van der Waals surface area contributed by atoms with Crippen LogP contribution in [0.25, 0.3) is 0 Å². The molecule has 66 valence electrons. The lowest BCUT2D eigenvalue weighted by molar-refractivity contribution is 0.482. The molecule has 0 saturated heterocycles. The van der Waals surface area contributed by atoms with Crippen molar-refractivity contribution in [2.45, 2.75) is 46.0 Å². The Balaban J connectivity index is 2.14. The molecule has 0 nitrogen and oxygen atoms in total. The van der Waals surface area contributed by atoms with Gasteiger partial charge in [0.15, 0.2) is 0 Å². The molecule has 2 aliphatic rings. The van der Waals surface area contributed by atoms with E-state index < -0.39 is 0 Å². The quantitative estimate of drug-likeness (QED) is 0.475. The standard InChI is InChI=1S/C12H18/c1-9-3-5-11-6-4-10(2)8-12(11)7-9/h3,10H,4-8H2,1-2H3. The van der Waals surface area contributed by atoms with Crippen LogP contribution in [-0.4, -0.2) is 0 Å². The zero-order valence-electron chi connectivity index (χ0n) is 8.19. The lowest BCUT2D eigenvalue weighted by Crippen LogP contribution is -2.10. The van der Waals surface area contributed by atoms with Crippen molar-refractivity contribution in [3.63, 3.8) is 0 Å². The highest BCUT2D eigenvalue weighted by Crippen LogP contribution is 2.37. The van der Waals surface area contributed by atoms with Crippen molar-refractivity contribution in [2.24, 2.45) is 5.92 Å². The summed E-state index contributed by atoms with van der Waals surface area (Å²) < 4.78 is 0. The Morgan fingerprint density at radius 3 is 3.00 bits per heavy atom. The van der Waals surface area contributed by atoms with Gasteiger partial charge in [0.25, 0.3) is 0 Å². The highest BCUT2D eigenvalue weighted by molar-refractivity contribution is 5.30. The van der Waals surface area contributed by atoms with Gasteiger partial charge < -0.3 is 0 Å². The fraction of sp³-hybridized carbons (Fsp3) is 0.667. The molecule has 0 aliphatic heterocycles. The van der Waals surface area contributed by atoms with E-state index in [9.17, 15) is 0 Å². The van der Waals surface area contributed by atoms with E-state index in [4.69, 9.17) is 0 Å². The summed E-state index contributed by atoms with van der Waals surface area (Å²) in [4.78, 5) is 0. The second-order valence-electron chi connectivity index (χ2n) is 4.49. The van der Waals surface area contributed by atoms with Crippen molar-refractivity contribution in [1.82, 2.24) is 0 Å². The van der Waals surface area contributed by atoms with Crippen molar-refractivity contribution in [2.75, 3.05) is 0 Å². The first kappa shape index (κ1) is 8.10. The second-order valence-corrected chi connectivity index (χ2v) is 4.49. The second kappa shape index (κ2) is 3.08. The van der Waals surface area contributed by atoms with Crippen LogP contribution in [0.15, 0.2) is 22.8 Å². The molecular weight excluding hydrogens is 144 g/mol. The summed E-state index contributed by atoms with van der Waals surface area (Å²) >= 11 is 0. The molecule has 1 unspecified atom stereocenters. The van der Waals surface area contributed by atoms with Gasteiger partial charge in [0.2, 0.25) is 0 Å². The van der Waals surface area contributed by atoms with Crippen molar-refractivity contribution in [1.29, 1.82) is 0 Å². The number of rotatable bonds is 0. The van der Waals surface area contributed by atoms with E-state index in [1.54, 1.807) is 16.7 Å². The van der Waals surface area contributed by atoms with Gasteiger partial charge in [-0.15, -0.1) is 0 Å².